The molecule has 0 amide bonds. The molecule has 2 spiro atoms. The van der Waals surface area contributed by atoms with Crippen molar-refractivity contribution in [3.8, 4) is 23.5 Å². The number of thiophene rings is 1. The van der Waals surface area contributed by atoms with Gasteiger partial charge in [-0.1, -0.05) is 5.16 Å². The molecule has 0 aromatic carbocycles. The zero-order valence-electron chi connectivity index (χ0n) is 28.2. The van der Waals surface area contributed by atoms with Crippen molar-refractivity contribution in [2.45, 2.75) is 113 Å². The molecule has 2 N–H and O–H groups in total. The first kappa shape index (κ1) is 30.9. The number of nitrogens with two attached hydrogens (primary N) is 1. The monoisotopic (exact) mass is 671 g/mol. The van der Waals surface area contributed by atoms with Gasteiger partial charge >= 0.3 is 0 Å². The summed E-state index contributed by atoms with van der Waals surface area (Å²) in [4.78, 5) is 16.9. The SMILES string of the molecule is C[C@H](Oc1nc(-c2noc3c2CCC[C@@]32CCCc3sc(N)c(C#N)c32)nc2c1CN(C1COC1)C[C@]21CCOC1)[C@@H]1CC[C@H](C)N1C. The van der Waals surface area contributed by atoms with Crippen molar-refractivity contribution in [1.82, 2.24) is 24.9 Å². The molecule has 0 bridgehead atoms. The third kappa shape index (κ3) is 4.54. The van der Waals surface area contributed by atoms with Crippen LogP contribution in [0.2, 0.25) is 0 Å². The number of aryl methyl sites for hydroxylation is 1. The van der Waals surface area contributed by atoms with Crippen molar-refractivity contribution < 1.29 is 18.7 Å². The van der Waals surface area contributed by atoms with Gasteiger partial charge in [-0.2, -0.15) is 10.2 Å². The van der Waals surface area contributed by atoms with Crippen LogP contribution in [0.5, 0.6) is 5.88 Å². The Hall–Kier alpha value is -3.08. The fraction of sp³-hybridized carbons (Fsp3) is 0.667. The fourth-order valence-corrected chi connectivity index (χ4v) is 10.9. The summed E-state index contributed by atoms with van der Waals surface area (Å²) in [5.74, 6) is 2.10. The van der Waals surface area contributed by atoms with Crippen LogP contribution in [0.1, 0.15) is 97.4 Å². The lowest BCUT2D eigenvalue weighted by molar-refractivity contribution is -0.0792. The molecule has 2 aliphatic carbocycles. The van der Waals surface area contributed by atoms with E-state index < -0.39 is 5.41 Å². The number of hydrogen-bond acceptors (Lipinski definition) is 12. The van der Waals surface area contributed by atoms with Crippen LogP contribution in [0.15, 0.2) is 4.52 Å². The molecule has 48 heavy (non-hydrogen) atoms. The molecular formula is C36H45N7O4S. The Bertz CT molecular complexity index is 1780. The summed E-state index contributed by atoms with van der Waals surface area (Å²) in [5, 5.41) is 15.6. The van der Waals surface area contributed by atoms with Crippen LogP contribution in [-0.4, -0.2) is 89.2 Å². The highest BCUT2D eigenvalue weighted by Gasteiger charge is 2.51. The molecule has 0 unspecified atom stereocenters. The lowest BCUT2D eigenvalue weighted by atomic mass is 9.63. The van der Waals surface area contributed by atoms with E-state index in [1.165, 1.54) is 4.88 Å². The van der Waals surface area contributed by atoms with Gasteiger partial charge in [0.1, 0.15) is 17.2 Å². The highest BCUT2D eigenvalue weighted by atomic mass is 32.1. The van der Waals surface area contributed by atoms with E-state index in [4.69, 9.17) is 39.6 Å². The molecule has 7 heterocycles. The number of likely N-dealkylation sites (tertiary alicyclic amines) is 1. The van der Waals surface area contributed by atoms with Crippen molar-refractivity contribution in [3.63, 3.8) is 0 Å². The molecule has 0 radical (unpaired) electrons. The number of rotatable bonds is 5. The number of anilines is 1. The first-order valence-corrected chi connectivity index (χ1v) is 18.6. The van der Waals surface area contributed by atoms with E-state index in [2.05, 4.69) is 36.8 Å². The van der Waals surface area contributed by atoms with Crippen LogP contribution in [0.3, 0.4) is 0 Å². The molecule has 3 aromatic heterocycles. The highest BCUT2D eigenvalue weighted by molar-refractivity contribution is 7.16. The van der Waals surface area contributed by atoms with Crippen LogP contribution in [0.25, 0.3) is 11.5 Å². The van der Waals surface area contributed by atoms with Gasteiger partial charge in [0.25, 0.3) is 0 Å². The quantitative estimate of drug-likeness (QED) is 0.403. The lowest BCUT2D eigenvalue weighted by Crippen LogP contribution is -2.56. The van der Waals surface area contributed by atoms with Crippen LogP contribution < -0.4 is 10.5 Å². The minimum absolute atomic E-state index is 0.0476. The first-order valence-electron chi connectivity index (χ1n) is 17.8. The predicted molar refractivity (Wildman–Crippen MR) is 180 cm³/mol. The van der Waals surface area contributed by atoms with Gasteiger partial charge in [0.2, 0.25) is 5.88 Å². The Morgan fingerprint density at radius 1 is 1.10 bits per heavy atom. The minimum atomic E-state index is -0.400. The second-order valence-electron chi connectivity index (χ2n) is 15.2. The minimum Gasteiger partial charge on any atom is -0.473 e. The number of nitrogens with zero attached hydrogens (tertiary/aromatic N) is 6. The molecule has 9 rings (SSSR count). The Morgan fingerprint density at radius 3 is 2.65 bits per heavy atom. The van der Waals surface area contributed by atoms with Gasteiger partial charge in [-0.05, 0) is 84.2 Å². The molecule has 3 saturated heterocycles. The number of aromatic nitrogens is 3. The maximum atomic E-state index is 10.2. The van der Waals surface area contributed by atoms with Gasteiger partial charge in [0.05, 0.1) is 53.5 Å². The van der Waals surface area contributed by atoms with Gasteiger partial charge in [0.15, 0.2) is 17.3 Å². The van der Waals surface area contributed by atoms with Crippen LogP contribution in [0.4, 0.5) is 5.00 Å². The number of fused-ring (bicyclic) bond motifs is 6. The average Bonchev–Trinajstić information content (AvgIpc) is 3.84. The summed E-state index contributed by atoms with van der Waals surface area (Å²) in [6.45, 7) is 8.91. The van der Waals surface area contributed by atoms with E-state index >= 15 is 0 Å². The topological polar surface area (TPSA) is 136 Å². The maximum Gasteiger partial charge on any atom is 0.222 e. The Labute approximate surface area is 285 Å². The summed E-state index contributed by atoms with van der Waals surface area (Å²) in [6.07, 6.45) is 8.71. The van der Waals surface area contributed by atoms with Crippen LogP contribution >= 0.6 is 11.3 Å². The summed E-state index contributed by atoms with van der Waals surface area (Å²) in [7, 11) is 2.21. The second kappa shape index (κ2) is 11.5. The third-order valence-corrected chi connectivity index (χ3v) is 13.7. The van der Waals surface area contributed by atoms with Crippen LogP contribution in [0, 0.1) is 11.3 Å². The maximum absolute atomic E-state index is 10.2. The van der Waals surface area contributed by atoms with Gasteiger partial charge in [-0.15, -0.1) is 11.3 Å². The predicted octanol–water partition coefficient (Wildman–Crippen LogP) is 4.73. The molecular weight excluding hydrogens is 627 g/mol. The number of likely N-dealkylation sites (N-methyl/N-ethyl adjacent to an activating group) is 1. The first-order chi connectivity index (χ1) is 23.3. The zero-order valence-corrected chi connectivity index (χ0v) is 29.0. The summed E-state index contributed by atoms with van der Waals surface area (Å²) in [6, 6.07) is 3.65. The smallest absolute Gasteiger partial charge is 0.222 e. The van der Waals surface area contributed by atoms with E-state index in [1.54, 1.807) is 11.3 Å². The summed E-state index contributed by atoms with van der Waals surface area (Å²) in [5.41, 5.74) is 11.3. The Kier molecular flexibility index (Phi) is 7.41. The molecule has 0 saturated carbocycles. The Balaban J connectivity index is 1.18. The van der Waals surface area contributed by atoms with Crippen molar-refractivity contribution in [3.05, 3.63) is 38.6 Å². The largest absolute Gasteiger partial charge is 0.473 e. The molecule has 5 atom stereocenters. The summed E-state index contributed by atoms with van der Waals surface area (Å²) < 4.78 is 25.1. The van der Waals surface area contributed by atoms with E-state index in [9.17, 15) is 5.26 Å². The van der Waals surface area contributed by atoms with Gasteiger partial charge < -0.3 is 24.5 Å². The fourth-order valence-electron chi connectivity index (χ4n) is 9.76. The molecule has 4 aliphatic heterocycles. The number of ether oxygens (including phenoxy) is 3. The third-order valence-electron chi connectivity index (χ3n) is 12.6. The van der Waals surface area contributed by atoms with Crippen molar-refractivity contribution >= 4 is 16.3 Å². The zero-order chi connectivity index (χ0) is 32.8. The molecule has 254 valence electrons. The highest BCUT2D eigenvalue weighted by Crippen LogP contribution is 2.55. The van der Waals surface area contributed by atoms with E-state index in [0.717, 1.165) is 112 Å². The van der Waals surface area contributed by atoms with E-state index in [0.29, 0.717) is 59.3 Å². The van der Waals surface area contributed by atoms with E-state index in [1.807, 2.05) is 0 Å². The van der Waals surface area contributed by atoms with Crippen molar-refractivity contribution in [1.29, 1.82) is 5.26 Å². The number of hydrogen-bond donors (Lipinski definition) is 1. The lowest BCUT2D eigenvalue weighted by Gasteiger charge is -2.46. The second-order valence-corrected chi connectivity index (χ2v) is 16.4. The van der Waals surface area contributed by atoms with Crippen molar-refractivity contribution in [2.75, 3.05) is 45.8 Å². The van der Waals surface area contributed by atoms with Gasteiger partial charge in [-0.25, -0.2) is 4.98 Å². The Morgan fingerprint density at radius 2 is 1.94 bits per heavy atom. The molecule has 6 aliphatic rings. The molecule has 3 fully saturated rings. The number of nitrogen functional groups attached to an aromatic ring is 1. The van der Waals surface area contributed by atoms with Crippen molar-refractivity contribution in [2.24, 2.45) is 0 Å². The molecule has 12 heteroatoms. The van der Waals surface area contributed by atoms with Gasteiger partial charge in [0, 0.05) is 42.2 Å². The number of nitriles is 1. The normalized spacial score (nSPS) is 31.0. The molecule has 3 aromatic rings. The van der Waals surface area contributed by atoms with Crippen LogP contribution in [-0.2, 0) is 39.7 Å². The standard InChI is InChI=1S/C36H45N7O4S/c1-20-8-9-26(42(20)3)21(2)46-34-25-15-43(22-16-45-17-22)18-35(12-13-44-19-35)30(25)39-33(40-34)29-23-6-4-10-36(31(23)47-41-29)11-5-7-27-28(36)24(14-37)32(38)48-27/h20-22,26H,4-13,15-19,38H2,1-3H3/t20-,21-,26-,35-,36-/m0/s1. The van der Waals surface area contributed by atoms with E-state index in [-0.39, 0.29) is 11.5 Å². The van der Waals surface area contributed by atoms with Gasteiger partial charge in [-0.3, -0.25) is 9.80 Å². The summed E-state index contributed by atoms with van der Waals surface area (Å²) >= 11 is 1.56. The average molecular weight is 672 g/mol. The molecule has 11 nitrogen and oxygen atoms in total.